The Bertz CT molecular complexity index is 1440. The Kier molecular flexibility index (Phi) is 60.9. The normalized spacial score (nSPS) is 13.0. The van der Waals surface area contributed by atoms with Crippen molar-refractivity contribution in [3.05, 3.63) is 109 Å². The summed E-state index contributed by atoms with van der Waals surface area (Å²) in [7, 11) is 0. The second kappa shape index (κ2) is 63.8. The van der Waals surface area contributed by atoms with Gasteiger partial charge >= 0.3 is 11.9 Å². The molecule has 74 heavy (non-hydrogen) atoms. The van der Waals surface area contributed by atoms with Crippen LogP contribution in [0.5, 0.6) is 0 Å². The molecule has 0 aliphatic rings. The van der Waals surface area contributed by atoms with Crippen LogP contribution in [-0.4, -0.2) is 36.4 Å². The number of unbranched alkanes of at least 4 members (excludes halogenated alkanes) is 31. The Morgan fingerprint density at radius 1 is 0.311 bits per heavy atom. The van der Waals surface area contributed by atoms with Gasteiger partial charge in [-0.2, -0.15) is 0 Å². The van der Waals surface area contributed by atoms with Crippen molar-refractivity contribution in [2.24, 2.45) is 0 Å². The predicted molar refractivity (Wildman–Crippen MR) is 325 cm³/mol. The van der Waals surface area contributed by atoms with Crippen molar-refractivity contribution in [1.29, 1.82) is 0 Å². The zero-order chi connectivity index (χ0) is 53.4. The molecular weight excluding hydrogens is 909 g/mol. The summed E-state index contributed by atoms with van der Waals surface area (Å²) in [6.45, 7) is 3.92. The number of ether oxygens (including phenoxy) is 2. The van der Waals surface area contributed by atoms with Crippen LogP contribution in [0.3, 0.4) is 0 Å². The molecule has 424 valence electrons. The van der Waals surface area contributed by atoms with Crippen molar-refractivity contribution in [2.75, 3.05) is 13.2 Å². The summed E-state index contributed by atoms with van der Waals surface area (Å²) in [6.07, 6.45) is 92.4. The zero-order valence-electron chi connectivity index (χ0n) is 48.6. The highest BCUT2D eigenvalue weighted by Gasteiger charge is 2.16. The molecule has 0 fully saturated rings. The van der Waals surface area contributed by atoms with Gasteiger partial charge in [-0.15, -0.1) is 0 Å². The van der Waals surface area contributed by atoms with Crippen LogP contribution in [-0.2, 0) is 19.1 Å². The van der Waals surface area contributed by atoms with Crippen molar-refractivity contribution >= 4 is 11.9 Å². The molecule has 0 aromatic heterocycles. The van der Waals surface area contributed by atoms with Crippen molar-refractivity contribution in [1.82, 2.24) is 0 Å². The summed E-state index contributed by atoms with van der Waals surface area (Å²) in [5.74, 6) is -0.600. The lowest BCUT2D eigenvalue weighted by Crippen LogP contribution is -2.28. The minimum atomic E-state index is -0.782. The minimum absolute atomic E-state index is 0.0748. The van der Waals surface area contributed by atoms with E-state index in [-0.39, 0.29) is 25.2 Å². The molecule has 0 heterocycles. The van der Waals surface area contributed by atoms with Crippen LogP contribution in [0.15, 0.2) is 109 Å². The third kappa shape index (κ3) is 61.1. The zero-order valence-corrected chi connectivity index (χ0v) is 48.6. The average molecular weight is 1030 g/mol. The van der Waals surface area contributed by atoms with E-state index in [0.717, 1.165) is 103 Å². The molecule has 5 heteroatoms. The lowest BCUT2D eigenvalue weighted by molar-refractivity contribution is -0.161. The fourth-order valence-corrected chi connectivity index (χ4v) is 8.93. The fraction of sp³-hybridized carbons (Fsp3) is 0.710. The molecule has 0 radical (unpaired) electrons. The van der Waals surface area contributed by atoms with Crippen LogP contribution in [0.4, 0.5) is 0 Å². The SMILES string of the molecule is CC/C=C\C/C=C\C/C=C\C/C=C\C/C=C\CCCCCCCCCCCCCCCCCCCCCCCCCCCC(=O)OC(CO)COC(=O)CCCCCCCC/C=C\C/C=C\C/C=C\C/C=C\CC. The minimum Gasteiger partial charge on any atom is -0.462 e. The number of hydrogen-bond acceptors (Lipinski definition) is 5. The Morgan fingerprint density at radius 3 is 0.811 bits per heavy atom. The molecule has 1 unspecified atom stereocenters. The molecule has 1 N–H and O–H groups in total. The van der Waals surface area contributed by atoms with Gasteiger partial charge in [0.2, 0.25) is 0 Å². The van der Waals surface area contributed by atoms with E-state index < -0.39 is 6.10 Å². The highest BCUT2D eigenvalue weighted by atomic mass is 16.6. The molecule has 0 aliphatic heterocycles. The van der Waals surface area contributed by atoms with Crippen molar-refractivity contribution in [3.8, 4) is 0 Å². The van der Waals surface area contributed by atoms with Gasteiger partial charge in [0.25, 0.3) is 0 Å². The van der Waals surface area contributed by atoms with Crippen molar-refractivity contribution in [2.45, 2.75) is 302 Å². The summed E-state index contributed by atoms with van der Waals surface area (Å²) in [5.41, 5.74) is 0. The quantitative estimate of drug-likeness (QED) is 0.0373. The van der Waals surface area contributed by atoms with Crippen LogP contribution in [0, 0.1) is 0 Å². The number of allylic oxidation sites excluding steroid dienone is 18. The molecule has 0 aromatic carbocycles. The monoisotopic (exact) mass is 1030 g/mol. The van der Waals surface area contributed by atoms with E-state index in [2.05, 4.69) is 123 Å². The predicted octanol–water partition coefficient (Wildman–Crippen LogP) is 21.6. The van der Waals surface area contributed by atoms with E-state index in [1.807, 2.05) is 0 Å². The molecule has 0 saturated heterocycles. The van der Waals surface area contributed by atoms with E-state index in [9.17, 15) is 14.7 Å². The Morgan fingerprint density at radius 2 is 0.541 bits per heavy atom. The highest BCUT2D eigenvalue weighted by molar-refractivity contribution is 5.70. The van der Waals surface area contributed by atoms with E-state index in [0.29, 0.717) is 12.8 Å². The number of hydrogen-bond donors (Lipinski definition) is 1. The molecule has 0 amide bonds. The van der Waals surface area contributed by atoms with E-state index in [4.69, 9.17) is 9.47 Å². The summed E-state index contributed by atoms with van der Waals surface area (Å²) in [4.78, 5) is 24.5. The van der Waals surface area contributed by atoms with Gasteiger partial charge in [-0.3, -0.25) is 9.59 Å². The Labute approximate surface area is 459 Å². The molecule has 0 rings (SSSR count). The molecule has 5 nitrogen and oxygen atoms in total. The molecule has 0 saturated carbocycles. The second-order valence-electron chi connectivity index (χ2n) is 20.7. The smallest absolute Gasteiger partial charge is 0.306 e. The van der Waals surface area contributed by atoms with Gasteiger partial charge in [0, 0.05) is 12.8 Å². The lowest BCUT2D eigenvalue weighted by atomic mass is 10.0. The van der Waals surface area contributed by atoms with Crippen LogP contribution < -0.4 is 0 Å². The fourth-order valence-electron chi connectivity index (χ4n) is 8.93. The maximum absolute atomic E-state index is 12.3. The number of aliphatic hydroxyl groups excluding tert-OH is 1. The Balaban J connectivity index is 3.43. The molecule has 0 bridgehead atoms. The number of aliphatic hydroxyl groups is 1. The third-order valence-electron chi connectivity index (χ3n) is 13.6. The highest BCUT2D eigenvalue weighted by Crippen LogP contribution is 2.17. The van der Waals surface area contributed by atoms with E-state index >= 15 is 0 Å². The average Bonchev–Trinajstić information content (AvgIpc) is 3.40. The topological polar surface area (TPSA) is 72.8 Å². The van der Waals surface area contributed by atoms with Crippen molar-refractivity contribution < 1.29 is 24.2 Å². The van der Waals surface area contributed by atoms with Gasteiger partial charge in [0.1, 0.15) is 6.61 Å². The number of carbonyl (C=O) groups is 2. The standard InChI is InChI=1S/C69H118O5/c1-3-5-7-9-11-13-15-17-19-21-23-24-25-26-27-28-29-30-31-32-33-34-35-36-37-38-39-40-41-42-43-44-46-48-50-52-54-56-58-60-62-64-69(72)74-67(65-70)66-73-68(71)63-61-59-57-55-53-51-49-47-45-22-20-18-16-14-12-10-8-6-4-2/h5-8,11-14,17-20,23-24,26-27,45,47,67,70H,3-4,9-10,15-16,21-22,25,28-44,46,48-66H2,1-2H3/b7-5-,8-6-,13-11-,14-12-,19-17-,20-18-,24-23-,27-26-,47-45-. The summed E-state index contributed by atoms with van der Waals surface area (Å²) in [6, 6.07) is 0. The van der Waals surface area contributed by atoms with Crippen LogP contribution in [0.1, 0.15) is 296 Å². The number of esters is 2. The molecular formula is C69H118O5. The maximum atomic E-state index is 12.3. The van der Waals surface area contributed by atoms with Crippen LogP contribution >= 0.6 is 0 Å². The largest absolute Gasteiger partial charge is 0.462 e. The van der Waals surface area contributed by atoms with Gasteiger partial charge in [0.15, 0.2) is 6.10 Å². The summed E-state index contributed by atoms with van der Waals surface area (Å²) in [5, 5.41) is 9.66. The maximum Gasteiger partial charge on any atom is 0.306 e. The number of carbonyl (C=O) groups excluding carboxylic acids is 2. The van der Waals surface area contributed by atoms with Gasteiger partial charge in [0.05, 0.1) is 6.61 Å². The van der Waals surface area contributed by atoms with Gasteiger partial charge in [-0.1, -0.05) is 297 Å². The summed E-state index contributed by atoms with van der Waals surface area (Å²) >= 11 is 0. The van der Waals surface area contributed by atoms with Gasteiger partial charge in [-0.25, -0.2) is 0 Å². The molecule has 0 aliphatic carbocycles. The van der Waals surface area contributed by atoms with Gasteiger partial charge in [-0.05, 0) is 96.3 Å². The van der Waals surface area contributed by atoms with E-state index in [1.165, 1.54) is 167 Å². The molecule has 1 atom stereocenters. The first-order chi connectivity index (χ1) is 36.6. The third-order valence-corrected chi connectivity index (χ3v) is 13.6. The first-order valence-electron chi connectivity index (χ1n) is 31.4. The second-order valence-corrected chi connectivity index (χ2v) is 20.7. The summed E-state index contributed by atoms with van der Waals surface area (Å²) < 4.78 is 10.7. The van der Waals surface area contributed by atoms with Crippen LogP contribution in [0.25, 0.3) is 0 Å². The first kappa shape index (κ1) is 70.6. The van der Waals surface area contributed by atoms with Crippen molar-refractivity contribution in [3.63, 3.8) is 0 Å². The van der Waals surface area contributed by atoms with E-state index in [1.54, 1.807) is 0 Å². The first-order valence-corrected chi connectivity index (χ1v) is 31.4. The van der Waals surface area contributed by atoms with Gasteiger partial charge < -0.3 is 14.6 Å². The lowest BCUT2D eigenvalue weighted by Gasteiger charge is -2.15. The van der Waals surface area contributed by atoms with Crippen LogP contribution in [0.2, 0.25) is 0 Å². The molecule has 0 spiro atoms. The molecule has 0 aromatic rings. The Hall–Kier alpha value is -3.44. The number of rotatable bonds is 57.